The molecule has 0 spiro atoms. The van der Waals surface area contributed by atoms with Gasteiger partial charge in [-0.1, -0.05) is 158 Å². The zero-order valence-corrected chi connectivity index (χ0v) is 33.2. The summed E-state index contributed by atoms with van der Waals surface area (Å²) in [5, 5.41) is 7.07. The average molecular weight is 779 g/mol. The van der Waals surface area contributed by atoms with Crippen molar-refractivity contribution in [2.75, 3.05) is 4.90 Å². The largest absolute Gasteiger partial charge is 0.456 e. The summed E-state index contributed by atoms with van der Waals surface area (Å²) in [6.45, 7) is 0. The lowest BCUT2D eigenvalue weighted by Crippen LogP contribution is -2.09. The number of para-hydroxylation sites is 3. The Morgan fingerprint density at radius 2 is 0.852 bits per heavy atom. The van der Waals surface area contributed by atoms with Gasteiger partial charge in [0, 0.05) is 44.3 Å². The second kappa shape index (κ2) is 14.3. The Morgan fingerprint density at radius 3 is 1.61 bits per heavy atom. The number of hydrogen-bond acceptors (Lipinski definition) is 2. The first-order valence-corrected chi connectivity index (χ1v) is 20.8. The number of hydrogen-bond donors (Lipinski definition) is 0. The third-order valence-corrected chi connectivity index (χ3v) is 12.2. The molecule has 3 nitrogen and oxygen atoms in total. The maximum atomic E-state index is 6.61. The smallest absolute Gasteiger partial charge is 0.136 e. The molecular formula is C58H38N2O. The third kappa shape index (κ3) is 5.82. The third-order valence-electron chi connectivity index (χ3n) is 12.2. The molecule has 0 saturated heterocycles. The van der Waals surface area contributed by atoms with Gasteiger partial charge in [-0.15, -0.1) is 0 Å². The van der Waals surface area contributed by atoms with Crippen molar-refractivity contribution in [3.8, 4) is 39.1 Å². The zero-order valence-electron chi connectivity index (χ0n) is 33.2. The lowest BCUT2D eigenvalue weighted by molar-refractivity contribution is 0.669. The SMILES string of the molecule is c1ccc(-c2ccc(-c3ccc(N(c4ccccc4)c4ccc5oc6ccc7c(-c8cccc9c8c8ccccc8n9-c8ccccc8)cccc7c6c5c4)cc3)cc2)cc1. The summed E-state index contributed by atoms with van der Waals surface area (Å²) in [6.07, 6.45) is 0. The van der Waals surface area contributed by atoms with Gasteiger partial charge < -0.3 is 13.9 Å². The van der Waals surface area contributed by atoms with Crippen molar-refractivity contribution >= 4 is 71.6 Å². The zero-order chi connectivity index (χ0) is 40.3. The van der Waals surface area contributed by atoms with Crippen LogP contribution < -0.4 is 4.90 Å². The van der Waals surface area contributed by atoms with Gasteiger partial charge in [-0.3, -0.25) is 0 Å². The van der Waals surface area contributed by atoms with Crippen LogP contribution in [0, 0.1) is 0 Å². The van der Waals surface area contributed by atoms with Crippen LogP contribution in [0.2, 0.25) is 0 Å². The van der Waals surface area contributed by atoms with Gasteiger partial charge in [0.15, 0.2) is 0 Å². The Labute approximate surface area is 353 Å². The molecular weight excluding hydrogens is 741 g/mol. The van der Waals surface area contributed by atoms with Crippen LogP contribution in [0.5, 0.6) is 0 Å². The van der Waals surface area contributed by atoms with Gasteiger partial charge in [0.1, 0.15) is 11.2 Å². The highest BCUT2D eigenvalue weighted by Gasteiger charge is 2.20. The molecule has 0 radical (unpaired) electrons. The molecule has 12 aromatic rings. The van der Waals surface area contributed by atoms with Gasteiger partial charge in [-0.05, 0) is 117 Å². The number of fused-ring (bicyclic) bond motifs is 8. The molecule has 286 valence electrons. The van der Waals surface area contributed by atoms with E-state index in [0.29, 0.717) is 0 Å². The van der Waals surface area contributed by atoms with Crippen molar-refractivity contribution in [3.63, 3.8) is 0 Å². The molecule has 2 heterocycles. The topological polar surface area (TPSA) is 21.3 Å². The summed E-state index contributed by atoms with van der Waals surface area (Å²) in [6, 6.07) is 82.7. The molecule has 12 rings (SSSR count). The van der Waals surface area contributed by atoms with Crippen molar-refractivity contribution in [3.05, 3.63) is 231 Å². The highest BCUT2D eigenvalue weighted by Crippen LogP contribution is 2.45. The van der Waals surface area contributed by atoms with E-state index in [2.05, 4.69) is 240 Å². The second-order valence-electron chi connectivity index (χ2n) is 15.7. The number of anilines is 3. The quantitative estimate of drug-likeness (QED) is 0.161. The molecule has 0 atom stereocenters. The van der Waals surface area contributed by atoms with Gasteiger partial charge in [0.2, 0.25) is 0 Å². The van der Waals surface area contributed by atoms with Crippen LogP contribution in [0.4, 0.5) is 17.1 Å². The van der Waals surface area contributed by atoms with Gasteiger partial charge >= 0.3 is 0 Å². The van der Waals surface area contributed by atoms with E-state index in [4.69, 9.17) is 4.42 Å². The first kappa shape index (κ1) is 34.9. The fraction of sp³-hybridized carbons (Fsp3) is 0. The summed E-state index contributed by atoms with van der Waals surface area (Å²) < 4.78 is 9.00. The summed E-state index contributed by atoms with van der Waals surface area (Å²) in [4.78, 5) is 2.33. The fourth-order valence-corrected chi connectivity index (χ4v) is 9.41. The van der Waals surface area contributed by atoms with Gasteiger partial charge in [0.25, 0.3) is 0 Å². The Bertz CT molecular complexity index is 3550. The first-order chi connectivity index (χ1) is 30.3. The van der Waals surface area contributed by atoms with E-state index in [1.807, 2.05) is 0 Å². The number of rotatable bonds is 7. The van der Waals surface area contributed by atoms with Crippen molar-refractivity contribution in [2.45, 2.75) is 0 Å². The molecule has 2 aromatic heterocycles. The standard InChI is InChI=1S/C58H38N2O/c1-4-14-39(15-5-1)40-26-28-41(29-27-40)42-30-32-45(33-31-42)59(43-16-6-2-7-17-43)46-34-36-55-52(38-46)58-50-22-12-21-47(48(50)35-37-56(58)61-55)49-23-13-25-54-57(49)51-20-10-11-24-53(51)60(54)44-18-8-3-9-19-44/h1-38H. The normalized spacial score (nSPS) is 11.6. The van der Waals surface area contributed by atoms with Crippen LogP contribution in [0.1, 0.15) is 0 Å². The van der Waals surface area contributed by atoms with E-state index >= 15 is 0 Å². The minimum atomic E-state index is 0.868. The lowest BCUT2D eigenvalue weighted by Gasteiger charge is -2.25. The lowest BCUT2D eigenvalue weighted by atomic mass is 9.93. The van der Waals surface area contributed by atoms with Crippen LogP contribution in [-0.4, -0.2) is 4.57 Å². The van der Waals surface area contributed by atoms with E-state index in [1.54, 1.807) is 0 Å². The Morgan fingerprint density at radius 1 is 0.311 bits per heavy atom. The minimum absolute atomic E-state index is 0.868. The summed E-state index contributed by atoms with van der Waals surface area (Å²) in [7, 11) is 0. The van der Waals surface area contributed by atoms with Crippen LogP contribution in [-0.2, 0) is 0 Å². The maximum absolute atomic E-state index is 6.61. The summed E-state index contributed by atoms with van der Waals surface area (Å²) >= 11 is 0. The Hall–Kier alpha value is -8.14. The van der Waals surface area contributed by atoms with E-state index in [0.717, 1.165) is 44.7 Å². The van der Waals surface area contributed by atoms with Crippen molar-refractivity contribution < 1.29 is 4.42 Å². The molecule has 0 bridgehead atoms. The van der Waals surface area contributed by atoms with E-state index in [-0.39, 0.29) is 0 Å². The molecule has 0 aliphatic carbocycles. The summed E-state index contributed by atoms with van der Waals surface area (Å²) in [5.74, 6) is 0. The van der Waals surface area contributed by atoms with Gasteiger partial charge in [0.05, 0.1) is 11.0 Å². The van der Waals surface area contributed by atoms with Crippen LogP contribution in [0.15, 0.2) is 235 Å². The molecule has 0 aliphatic rings. The Kier molecular flexibility index (Phi) is 8.17. The highest BCUT2D eigenvalue weighted by atomic mass is 16.3. The minimum Gasteiger partial charge on any atom is -0.456 e. The molecule has 10 aromatic carbocycles. The predicted molar refractivity (Wildman–Crippen MR) is 257 cm³/mol. The predicted octanol–water partition coefficient (Wildman–Crippen LogP) is 16.3. The fourth-order valence-electron chi connectivity index (χ4n) is 9.41. The number of aromatic nitrogens is 1. The maximum Gasteiger partial charge on any atom is 0.136 e. The highest BCUT2D eigenvalue weighted by molar-refractivity contribution is 6.24. The monoisotopic (exact) mass is 778 g/mol. The van der Waals surface area contributed by atoms with Crippen LogP contribution >= 0.6 is 0 Å². The van der Waals surface area contributed by atoms with Gasteiger partial charge in [-0.25, -0.2) is 0 Å². The molecule has 61 heavy (non-hydrogen) atoms. The van der Waals surface area contributed by atoms with E-state index < -0.39 is 0 Å². The molecule has 0 fully saturated rings. The number of benzene rings is 10. The molecule has 3 heteroatoms. The van der Waals surface area contributed by atoms with E-state index in [9.17, 15) is 0 Å². The van der Waals surface area contributed by atoms with Crippen molar-refractivity contribution in [2.24, 2.45) is 0 Å². The van der Waals surface area contributed by atoms with Crippen LogP contribution in [0.25, 0.3) is 93.6 Å². The average Bonchev–Trinajstić information content (AvgIpc) is 3.89. The molecule has 0 amide bonds. The van der Waals surface area contributed by atoms with Crippen molar-refractivity contribution in [1.82, 2.24) is 4.57 Å². The molecule has 0 aliphatic heterocycles. The van der Waals surface area contributed by atoms with Gasteiger partial charge in [-0.2, -0.15) is 0 Å². The number of furan rings is 1. The summed E-state index contributed by atoms with van der Waals surface area (Å²) in [5.41, 5.74) is 15.7. The molecule has 0 saturated carbocycles. The molecule has 0 N–H and O–H groups in total. The van der Waals surface area contributed by atoms with Crippen molar-refractivity contribution in [1.29, 1.82) is 0 Å². The van der Waals surface area contributed by atoms with E-state index in [1.165, 1.54) is 66.0 Å². The first-order valence-electron chi connectivity index (χ1n) is 20.8. The number of nitrogens with zero attached hydrogens (tertiary/aromatic N) is 2. The van der Waals surface area contributed by atoms with Crippen LogP contribution in [0.3, 0.4) is 0 Å². The Balaban J connectivity index is 0.986. The second-order valence-corrected chi connectivity index (χ2v) is 15.7. The molecule has 0 unspecified atom stereocenters.